The quantitative estimate of drug-likeness (QED) is 0.626. The van der Waals surface area contributed by atoms with E-state index in [-0.39, 0.29) is 18.0 Å². The van der Waals surface area contributed by atoms with Crippen molar-refractivity contribution in [3.63, 3.8) is 0 Å². The van der Waals surface area contributed by atoms with Gasteiger partial charge < -0.3 is 11.1 Å². The first-order chi connectivity index (χ1) is 6.08. The fraction of sp³-hybridized carbons (Fsp3) is 0.889. The lowest BCUT2D eigenvalue weighted by atomic mass is 10.3. The van der Waals surface area contributed by atoms with Gasteiger partial charge in [-0.2, -0.15) is 0 Å². The predicted molar refractivity (Wildman–Crippen MR) is 52.3 cm³/mol. The third-order valence-electron chi connectivity index (χ3n) is 2.13. The number of rotatable bonds is 3. The van der Waals surface area contributed by atoms with Crippen molar-refractivity contribution in [3.05, 3.63) is 0 Å². The van der Waals surface area contributed by atoms with E-state index in [4.69, 9.17) is 5.73 Å². The van der Waals surface area contributed by atoms with Crippen molar-refractivity contribution in [1.29, 1.82) is 0 Å². The van der Waals surface area contributed by atoms with Crippen molar-refractivity contribution in [2.75, 3.05) is 19.6 Å². The number of nitrogens with two attached hydrogens (primary N) is 1. The standard InChI is InChI=1S/C9H19N3O/c1-7(2)11-9(13)6-12-4-3-8(10)5-12/h7-8H,3-6,10H2,1-2H3,(H,11,13)/t8-/m1/s1. The molecule has 0 aromatic carbocycles. The highest BCUT2D eigenvalue weighted by molar-refractivity contribution is 5.78. The number of carbonyl (C=O) groups excluding carboxylic acids is 1. The van der Waals surface area contributed by atoms with Crippen molar-refractivity contribution in [2.24, 2.45) is 5.73 Å². The maximum absolute atomic E-state index is 11.3. The third kappa shape index (κ3) is 3.74. The van der Waals surface area contributed by atoms with Gasteiger partial charge in [0.25, 0.3) is 0 Å². The fourth-order valence-electron chi connectivity index (χ4n) is 1.58. The minimum atomic E-state index is 0.101. The number of carbonyl (C=O) groups is 1. The lowest BCUT2D eigenvalue weighted by Crippen LogP contribution is -2.40. The SMILES string of the molecule is CC(C)NC(=O)CN1CC[C@@H](N)C1. The predicted octanol–water partition coefficient (Wildman–Crippen LogP) is -0.456. The van der Waals surface area contributed by atoms with E-state index in [9.17, 15) is 4.79 Å². The van der Waals surface area contributed by atoms with Crippen LogP contribution >= 0.6 is 0 Å². The number of amides is 1. The zero-order valence-corrected chi connectivity index (χ0v) is 8.42. The molecule has 4 heteroatoms. The third-order valence-corrected chi connectivity index (χ3v) is 2.13. The zero-order valence-electron chi connectivity index (χ0n) is 8.42. The average Bonchev–Trinajstić information content (AvgIpc) is 2.33. The van der Waals surface area contributed by atoms with E-state index in [2.05, 4.69) is 10.2 Å². The van der Waals surface area contributed by atoms with E-state index in [1.807, 2.05) is 13.8 Å². The van der Waals surface area contributed by atoms with Gasteiger partial charge in [-0.1, -0.05) is 0 Å². The molecule has 0 aromatic rings. The molecule has 0 aromatic heterocycles. The van der Waals surface area contributed by atoms with Gasteiger partial charge in [-0.25, -0.2) is 0 Å². The van der Waals surface area contributed by atoms with E-state index in [0.717, 1.165) is 19.5 Å². The topological polar surface area (TPSA) is 58.4 Å². The Morgan fingerprint density at radius 1 is 1.69 bits per heavy atom. The molecule has 0 radical (unpaired) electrons. The molecule has 1 fully saturated rings. The summed E-state index contributed by atoms with van der Waals surface area (Å²) in [7, 11) is 0. The molecule has 4 nitrogen and oxygen atoms in total. The molecule has 1 heterocycles. The van der Waals surface area contributed by atoms with Gasteiger partial charge in [-0.05, 0) is 20.3 Å². The Labute approximate surface area is 79.5 Å². The van der Waals surface area contributed by atoms with Crippen molar-refractivity contribution >= 4 is 5.91 Å². The monoisotopic (exact) mass is 185 g/mol. The molecular formula is C9H19N3O. The lowest BCUT2D eigenvalue weighted by molar-refractivity contribution is -0.122. The molecule has 76 valence electrons. The Bertz CT molecular complexity index is 182. The van der Waals surface area contributed by atoms with Crippen LogP contribution in [0.5, 0.6) is 0 Å². The Hall–Kier alpha value is -0.610. The summed E-state index contributed by atoms with van der Waals surface area (Å²) in [5, 5.41) is 2.86. The molecule has 3 N–H and O–H groups in total. The van der Waals surface area contributed by atoms with Gasteiger partial charge in [-0.3, -0.25) is 9.69 Å². The molecule has 0 spiro atoms. The Morgan fingerprint density at radius 3 is 2.85 bits per heavy atom. The Kier molecular flexibility index (Phi) is 3.69. The van der Waals surface area contributed by atoms with Crippen LogP contribution in [0.1, 0.15) is 20.3 Å². The van der Waals surface area contributed by atoms with Gasteiger partial charge in [0.15, 0.2) is 0 Å². The van der Waals surface area contributed by atoms with Gasteiger partial charge in [0.1, 0.15) is 0 Å². The van der Waals surface area contributed by atoms with Crippen molar-refractivity contribution < 1.29 is 4.79 Å². The van der Waals surface area contributed by atoms with Crippen LogP contribution in [-0.2, 0) is 4.79 Å². The lowest BCUT2D eigenvalue weighted by Gasteiger charge is -2.15. The molecule has 1 rings (SSSR count). The van der Waals surface area contributed by atoms with Gasteiger partial charge in [-0.15, -0.1) is 0 Å². The number of nitrogens with zero attached hydrogens (tertiary/aromatic N) is 1. The van der Waals surface area contributed by atoms with Crippen LogP contribution in [-0.4, -0.2) is 42.5 Å². The minimum Gasteiger partial charge on any atom is -0.353 e. The first-order valence-electron chi connectivity index (χ1n) is 4.85. The average molecular weight is 185 g/mol. The summed E-state index contributed by atoms with van der Waals surface area (Å²) in [4.78, 5) is 13.4. The van der Waals surface area contributed by atoms with Gasteiger partial charge in [0.05, 0.1) is 6.54 Å². The van der Waals surface area contributed by atoms with Crippen LogP contribution in [0.4, 0.5) is 0 Å². The second-order valence-corrected chi connectivity index (χ2v) is 4.01. The summed E-state index contributed by atoms with van der Waals surface area (Å²) in [6.45, 7) is 6.23. The van der Waals surface area contributed by atoms with Crippen molar-refractivity contribution in [3.8, 4) is 0 Å². The molecular weight excluding hydrogens is 166 g/mol. The van der Waals surface area contributed by atoms with E-state index < -0.39 is 0 Å². The molecule has 0 saturated carbocycles. The van der Waals surface area contributed by atoms with E-state index in [0.29, 0.717) is 6.54 Å². The summed E-state index contributed by atoms with van der Waals surface area (Å²) >= 11 is 0. The van der Waals surface area contributed by atoms with Gasteiger partial charge >= 0.3 is 0 Å². The Morgan fingerprint density at radius 2 is 2.38 bits per heavy atom. The Balaban J connectivity index is 2.21. The number of hydrogen-bond acceptors (Lipinski definition) is 3. The molecule has 1 aliphatic heterocycles. The van der Waals surface area contributed by atoms with Crippen LogP contribution < -0.4 is 11.1 Å². The first kappa shape index (κ1) is 10.5. The molecule has 1 amide bonds. The molecule has 0 unspecified atom stereocenters. The summed E-state index contributed by atoms with van der Waals surface area (Å²) in [5.74, 6) is 0.101. The second-order valence-electron chi connectivity index (χ2n) is 4.01. The molecule has 1 atom stereocenters. The molecule has 0 bridgehead atoms. The highest BCUT2D eigenvalue weighted by Crippen LogP contribution is 2.05. The van der Waals surface area contributed by atoms with Gasteiger partial charge in [0.2, 0.25) is 5.91 Å². The first-order valence-corrected chi connectivity index (χ1v) is 4.85. The normalized spacial score (nSPS) is 23.8. The fourth-order valence-corrected chi connectivity index (χ4v) is 1.58. The number of hydrogen-bond donors (Lipinski definition) is 2. The molecule has 1 aliphatic rings. The largest absolute Gasteiger partial charge is 0.353 e. The van der Waals surface area contributed by atoms with Crippen LogP contribution in [0, 0.1) is 0 Å². The van der Waals surface area contributed by atoms with Crippen molar-refractivity contribution in [2.45, 2.75) is 32.4 Å². The molecule has 0 aliphatic carbocycles. The zero-order chi connectivity index (χ0) is 9.84. The summed E-state index contributed by atoms with van der Waals surface area (Å²) in [5.41, 5.74) is 5.73. The number of likely N-dealkylation sites (tertiary alicyclic amines) is 1. The van der Waals surface area contributed by atoms with E-state index in [1.165, 1.54) is 0 Å². The minimum absolute atomic E-state index is 0.101. The van der Waals surface area contributed by atoms with Crippen LogP contribution in [0.15, 0.2) is 0 Å². The summed E-state index contributed by atoms with van der Waals surface area (Å²) in [6, 6.07) is 0.482. The van der Waals surface area contributed by atoms with Gasteiger partial charge in [0, 0.05) is 25.2 Å². The van der Waals surface area contributed by atoms with Crippen LogP contribution in [0.25, 0.3) is 0 Å². The van der Waals surface area contributed by atoms with Crippen LogP contribution in [0.2, 0.25) is 0 Å². The highest BCUT2D eigenvalue weighted by atomic mass is 16.2. The molecule has 13 heavy (non-hydrogen) atoms. The van der Waals surface area contributed by atoms with E-state index >= 15 is 0 Å². The number of nitrogens with one attached hydrogen (secondary N) is 1. The highest BCUT2D eigenvalue weighted by Gasteiger charge is 2.20. The van der Waals surface area contributed by atoms with E-state index in [1.54, 1.807) is 0 Å². The smallest absolute Gasteiger partial charge is 0.234 e. The maximum Gasteiger partial charge on any atom is 0.234 e. The molecule has 1 saturated heterocycles. The summed E-state index contributed by atoms with van der Waals surface area (Å²) < 4.78 is 0. The van der Waals surface area contributed by atoms with Crippen LogP contribution in [0.3, 0.4) is 0 Å². The second kappa shape index (κ2) is 4.58. The van der Waals surface area contributed by atoms with Crippen molar-refractivity contribution in [1.82, 2.24) is 10.2 Å². The maximum atomic E-state index is 11.3. The summed E-state index contributed by atoms with van der Waals surface area (Å²) in [6.07, 6.45) is 1.01.